The van der Waals surface area contributed by atoms with Gasteiger partial charge < -0.3 is 4.74 Å². The molecule has 1 heterocycles. The molecule has 1 aliphatic rings. The maximum absolute atomic E-state index is 12.5. The smallest absolute Gasteiger partial charge is 0.406 e. The van der Waals surface area contributed by atoms with E-state index in [2.05, 4.69) is 19.2 Å². The average molecular weight is 463 g/mol. The first-order chi connectivity index (χ1) is 13.9. The Morgan fingerprint density at radius 1 is 0.900 bits per heavy atom. The predicted octanol–water partition coefficient (Wildman–Crippen LogP) is 2.86. The van der Waals surface area contributed by atoms with Crippen LogP contribution in [-0.4, -0.2) is 35.6 Å². The Bertz CT molecular complexity index is 1180. The number of sulfonamides is 2. The third kappa shape index (κ3) is 5.63. The van der Waals surface area contributed by atoms with Crippen LogP contribution < -0.4 is 14.2 Å². The molecule has 0 fully saturated rings. The van der Waals surface area contributed by atoms with Gasteiger partial charge in [0.15, 0.2) is 0 Å². The number of nitrogens with one attached hydrogen (secondary N) is 2. The Morgan fingerprint density at radius 2 is 1.53 bits per heavy atom. The number of ether oxygens (including phenoxy) is 1. The van der Waals surface area contributed by atoms with Crippen LogP contribution in [0.2, 0.25) is 0 Å². The summed E-state index contributed by atoms with van der Waals surface area (Å²) in [5, 5.41) is 0. The summed E-state index contributed by atoms with van der Waals surface area (Å²) in [6.07, 6.45) is -3.76. The molecule has 0 unspecified atom stereocenters. The summed E-state index contributed by atoms with van der Waals surface area (Å²) >= 11 is 0. The van der Waals surface area contributed by atoms with Crippen LogP contribution in [0.5, 0.6) is 5.75 Å². The second-order valence-corrected chi connectivity index (χ2v) is 9.56. The Balaban J connectivity index is 1.82. The van der Waals surface area contributed by atoms with Crippen molar-refractivity contribution in [3.8, 4) is 5.75 Å². The summed E-state index contributed by atoms with van der Waals surface area (Å²) in [7, 11) is -8.29. The van der Waals surface area contributed by atoms with Crippen molar-refractivity contribution >= 4 is 31.6 Å². The molecule has 30 heavy (non-hydrogen) atoms. The molecule has 1 aliphatic heterocycles. The van der Waals surface area contributed by atoms with Crippen LogP contribution in [0.1, 0.15) is 12.8 Å². The molecule has 2 aromatic rings. The topological polar surface area (TPSA) is 114 Å². The summed E-state index contributed by atoms with van der Waals surface area (Å²) in [5.41, 5.74) is -0.0895. The molecule has 0 saturated carbocycles. The molecule has 162 valence electrons. The first kappa shape index (κ1) is 21.9. The zero-order valence-electron chi connectivity index (χ0n) is 15.2. The van der Waals surface area contributed by atoms with Crippen LogP contribution >= 0.6 is 0 Å². The van der Waals surface area contributed by atoms with E-state index in [-0.39, 0.29) is 10.6 Å². The van der Waals surface area contributed by atoms with E-state index in [0.717, 1.165) is 30.7 Å². The largest absolute Gasteiger partial charge is 0.573 e. The molecular formula is C17H16F3N3O5S2. The average Bonchev–Trinajstić information content (AvgIpc) is 3.13. The molecule has 0 aliphatic carbocycles. The van der Waals surface area contributed by atoms with E-state index < -0.39 is 37.1 Å². The van der Waals surface area contributed by atoms with Crippen molar-refractivity contribution in [1.29, 1.82) is 0 Å². The van der Waals surface area contributed by atoms with Crippen LogP contribution in [0.15, 0.2) is 63.3 Å². The Morgan fingerprint density at radius 3 is 2.17 bits per heavy atom. The molecule has 0 aromatic heterocycles. The SMILES string of the molecule is O=S(=O)(NC1=NCCC1)c1cccc(NS(=O)(=O)c2cccc(OC(F)(F)F)c2)c1. The Hall–Kier alpha value is -2.80. The summed E-state index contributed by atoms with van der Waals surface area (Å²) < 4.78 is 95.3. The lowest BCUT2D eigenvalue weighted by Gasteiger charge is -2.13. The third-order valence-corrected chi connectivity index (χ3v) is 6.63. The lowest BCUT2D eigenvalue weighted by atomic mass is 10.3. The van der Waals surface area contributed by atoms with Gasteiger partial charge in [-0.3, -0.25) is 14.4 Å². The minimum Gasteiger partial charge on any atom is -0.406 e. The number of alkyl halides is 3. The molecule has 0 bridgehead atoms. The first-order valence-electron chi connectivity index (χ1n) is 8.49. The van der Waals surface area contributed by atoms with Crippen molar-refractivity contribution in [2.45, 2.75) is 29.0 Å². The zero-order valence-corrected chi connectivity index (χ0v) is 16.8. The number of hydrogen-bond donors (Lipinski definition) is 2. The van der Waals surface area contributed by atoms with E-state index in [1.54, 1.807) is 0 Å². The predicted molar refractivity (Wildman–Crippen MR) is 102 cm³/mol. The second kappa shape index (κ2) is 8.14. The van der Waals surface area contributed by atoms with Gasteiger partial charge in [-0.15, -0.1) is 13.2 Å². The molecule has 3 rings (SSSR count). The van der Waals surface area contributed by atoms with Gasteiger partial charge in [-0.2, -0.15) is 0 Å². The molecule has 13 heteroatoms. The van der Waals surface area contributed by atoms with Crippen molar-refractivity contribution in [3.63, 3.8) is 0 Å². The van der Waals surface area contributed by atoms with Crippen molar-refractivity contribution in [3.05, 3.63) is 48.5 Å². The molecule has 0 saturated heterocycles. The molecule has 0 spiro atoms. The highest BCUT2D eigenvalue weighted by Gasteiger charge is 2.31. The van der Waals surface area contributed by atoms with Crippen LogP contribution in [0.3, 0.4) is 0 Å². The van der Waals surface area contributed by atoms with Gasteiger partial charge in [-0.25, -0.2) is 16.8 Å². The molecule has 2 aromatic carbocycles. The fourth-order valence-electron chi connectivity index (χ4n) is 2.62. The van der Waals surface area contributed by atoms with Crippen molar-refractivity contribution in [2.75, 3.05) is 11.3 Å². The highest BCUT2D eigenvalue weighted by atomic mass is 32.2. The van der Waals surface area contributed by atoms with Gasteiger partial charge in [0, 0.05) is 19.0 Å². The van der Waals surface area contributed by atoms with Crippen LogP contribution in [-0.2, 0) is 20.0 Å². The van der Waals surface area contributed by atoms with Gasteiger partial charge in [0.05, 0.1) is 15.5 Å². The summed E-state index contributed by atoms with van der Waals surface area (Å²) in [5.74, 6) is -0.384. The zero-order chi connectivity index (χ0) is 22.0. The Kier molecular flexibility index (Phi) is 5.94. The molecule has 0 atom stereocenters. The number of benzene rings is 2. The monoisotopic (exact) mass is 463 g/mol. The number of anilines is 1. The van der Waals surface area contributed by atoms with Crippen LogP contribution in [0, 0.1) is 0 Å². The summed E-state index contributed by atoms with van der Waals surface area (Å²) in [6, 6.07) is 8.81. The first-order valence-corrected chi connectivity index (χ1v) is 11.5. The highest BCUT2D eigenvalue weighted by Crippen LogP contribution is 2.26. The number of rotatable bonds is 6. The minimum atomic E-state index is -4.98. The highest BCUT2D eigenvalue weighted by molar-refractivity contribution is 7.92. The standard InChI is InChI=1S/C17H16F3N3O5S2/c18-17(19,20)28-13-5-2-7-15(11-13)29(24,25)22-12-4-1-6-14(10-12)30(26,27)23-16-8-3-9-21-16/h1-2,4-7,10-11,22H,3,8-9H2,(H,21,23). The molecule has 0 amide bonds. The fourth-order valence-corrected chi connectivity index (χ4v) is 4.83. The molecule has 2 N–H and O–H groups in total. The van der Waals surface area contributed by atoms with E-state index in [4.69, 9.17) is 0 Å². The van der Waals surface area contributed by atoms with Gasteiger partial charge in [0.25, 0.3) is 20.0 Å². The van der Waals surface area contributed by atoms with Gasteiger partial charge in [0.1, 0.15) is 11.6 Å². The molecule has 8 nitrogen and oxygen atoms in total. The number of aliphatic imine (C=N–C) groups is 1. The van der Waals surface area contributed by atoms with E-state index in [1.165, 1.54) is 18.2 Å². The normalized spacial score (nSPS) is 14.8. The summed E-state index contributed by atoms with van der Waals surface area (Å²) in [6.45, 7) is 0.523. The van der Waals surface area contributed by atoms with Gasteiger partial charge in [0.2, 0.25) is 0 Å². The maximum Gasteiger partial charge on any atom is 0.573 e. The summed E-state index contributed by atoms with van der Waals surface area (Å²) in [4.78, 5) is 3.33. The van der Waals surface area contributed by atoms with Crippen molar-refractivity contribution < 1.29 is 34.7 Å². The Labute approximate surface area is 170 Å². The molecular weight excluding hydrogens is 447 g/mol. The van der Waals surface area contributed by atoms with Gasteiger partial charge in [-0.05, 0) is 36.8 Å². The number of nitrogens with zero attached hydrogens (tertiary/aromatic N) is 1. The van der Waals surface area contributed by atoms with Crippen LogP contribution in [0.4, 0.5) is 18.9 Å². The lowest BCUT2D eigenvalue weighted by Crippen LogP contribution is -2.29. The van der Waals surface area contributed by atoms with E-state index in [1.807, 2.05) is 0 Å². The van der Waals surface area contributed by atoms with Crippen molar-refractivity contribution in [1.82, 2.24) is 4.72 Å². The lowest BCUT2D eigenvalue weighted by molar-refractivity contribution is -0.274. The maximum atomic E-state index is 12.5. The molecule has 0 radical (unpaired) electrons. The number of amidine groups is 1. The van der Waals surface area contributed by atoms with E-state index >= 15 is 0 Å². The van der Waals surface area contributed by atoms with Crippen molar-refractivity contribution in [2.24, 2.45) is 4.99 Å². The third-order valence-electron chi connectivity index (χ3n) is 3.87. The van der Waals surface area contributed by atoms with Gasteiger partial charge in [-0.1, -0.05) is 12.1 Å². The number of halogens is 3. The van der Waals surface area contributed by atoms with E-state index in [0.29, 0.717) is 24.9 Å². The number of hydrogen-bond acceptors (Lipinski definition) is 6. The minimum absolute atomic E-state index is 0.0895. The fraction of sp³-hybridized carbons (Fsp3) is 0.235. The quantitative estimate of drug-likeness (QED) is 0.684. The van der Waals surface area contributed by atoms with Crippen LogP contribution in [0.25, 0.3) is 0 Å². The second-order valence-electron chi connectivity index (χ2n) is 6.19. The van der Waals surface area contributed by atoms with E-state index in [9.17, 15) is 30.0 Å². The van der Waals surface area contributed by atoms with Gasteiger partial charge >= 0.3 is 6.36 Å².